The third-order valence-corrected chi connectivity index (χ3v) is 5.79. The fourth-order valence-electron chi connectivity index (χ4n) is 3.36. The number of carbonyl (C=O) groups is 1. The van der Waals surface area contributed by atoms with Gasteiger partial charge in [0.15, 0.2) is 5.54 Å². The highest BCUT2D eigenvalue weighted by Crippen LogP contribution is 2.43. The summed E-state index contributed by atoms with van der Waals surface area (Å²) in [6.07, 6.45) is 4.81. The molecular weight excluding hydrogens is 270 g/mol. The average molecular weight is 287 g/mol. The van der Waals surface area contributed by atoms with Gasteiger partial charge in [-0.1, -0.05) is 30.5 Å². The molecule has 0 bridgehead atoms. The molecule has 3 aliphatic rings. The van der Waals surface area contributed by atoms with Crippen molar-refractivity contribution in [1.29, 1.82) is 0 Å². The number of fused-ring (bicyclic) bond motifs is 1. The minimum absolute atomic E-state index is 0.113. The van der Waals surface area contributed by atoms with E-state index >= 15 is 0 Å². The Labute approximate surface area is 122 Å². The number of rotatable bonds is 1. The summed E-state index contributed by atoms with van der Waals surface area (Å²) in [5.74, 6) is 0.550. The van der Waals surface area contributed by atoms with Gasteiger partial charge < -0.3 is 4.74 Å². The van der Waals surface area contributed by atoms with Crippen LogP contribution < -0.4 is 0 Å². The van der Waals surface area contributed by atoms with Crippen molar-refractivity contribution in [3.63, 3.8) is 0 Å². The van der Waals surface area contributed by atoms with Crippen LogP contribution >= 0.6 is 11.8 Å². The molecule has 4 rings (SSSR count). The van der Waals surface area contributed by atoms with E-state index in [-0.39, 0.29) is 11.2 Å². The summed E-state index contributed by atoms with van der Waals surface area (Å²) >= 11 is 1.78. The van der Waals surface area contributed by atoms with E-state index in [9.17, 15) is 4.79 Å². The number of aliphatic imine (C=N–C) groups is 1. The summed E-state index contributed by atoms with van der Waals surface area (Å²) in [5, 5.41) is 0.177. The number of carbonyl (C=O) groups excluding carboxylic acids is 1. The molecule has 104 valence electrons. The van der Waals surface area contributed by atoms with Crippen LogP contribution in [0.3, 0.4) is 0 Å². The van der Waals surface area contributed by atoms with Crippen LogP contribution in [-0.4, -0.2) is 22.7 Å². The molecule has 1 aromatic rings. The van der Waals surface area contributed by atoms with Crippen LogP contribution in [-0.2, 0) is 16.0 Å². The first kappa shape index (κ1) is 12.5. The Hall–Kier alpha value is -1.29. The maximum atomic E-state index is 12.1. The average Bonchev–Trinajstić information content (AvgIpc) is 3.10. The Morgan fingerprint density at radius 2 is 2.15 bits per heavy atom. The summed E-state index contributed by atoms with van der Waals surface area (Å²) < 4.78 is 5.53. The summed E-state index contributed by atoms with van der Waals surface area (Å²) in [7, 11) is 0. The Balaban J connectivity index is 1.60. The first-order chi connectivity index (χ1) is 9.66. The van der Waals surface area contributed by atoms with E-state index in [0.29, 0.717) is 5.90 Å². The van der Waals surface area contributed by atoms with E-state index in [1.165, 1.54) is 16.0 Å². The molecule has 4 heteroatoms. The highest BCUT2D eigenvalue weighted by molar-refractivity contribution is 8.01. The van der Waals surface area contributed by atoms with Crippen molar-refractivity contribution >= 4 is 23.6 Å². The third kappa shape index (κ3) is 1.81. The summed E-state index contributed by atoms with van der Waals surface area (Å²) in [6, 6.07) is 6.53. The lowest BCUT2D eigenvalue weighted by molar-refractivity contribution is -0.138. The molecule has 0 aromatic heterocycles. The summed E-state index contributed by atoms with van der Waals surface area (Å²) in [5.41, 5.74) is 2.09. The van der Waals surface area contributed by atoms with E-state index in [4.69, 9.17) is 9.73 Å². The lowest BCUT2D eigenvalue weighted by Gasteiger charge is -2.12. The van der Waals surface area contributed by atoms with Gasteiger partial charge in [-0.2, -0.15) is 0 Å². The van der Waals surface area contributed by atoms with Crippen LogP contribution in [0, 0.1) is 6.92 Å². The van der Waals surface area contributed by atoms with Gasteiger partial charge in [-0.25, -0.2) is 9.79 Å². The molecule has 2 heterocycles. The lowest BCUT2D eigenvalue weighted by Crippen LogP contribution is -2.29. The molecule has 0 radical (unpaired) electrons. The molecule has 1 aliphatic carbocycles. The van der Waals surface area contributed by atoms with Crippen molar-refractivity contribution < 1.29 is 9.53 Å². The number of cyclic esters (lactones) is 1. The van der Waals surface area contributed by atoms with E-state index in [2.05, 4.69) is 25.1 Å². The van der Waals surface area contributed by atoms with Gasteiger partial charge in [-0.05, 0) is 37.8 Å². The van der Waals surface area contributed by atoms with Crippen molar-refractivity contribution in [2.24, 2.45) is 4.99 Å². The smallest absolute Gasteiger partial charge is 0.340 e. The number of esters is 1. The van der Waals surface area contributed by atoms with Gasteiger partial charge in [-0.15, -0.1) is 11.8 Å². The number of aryl methyl sites for hydroxylation is 1. The van der Waals surface area contributed by atoms with E-state index in [0.717, 1.165) is 32.1 Å². The normalized spacial score (nSPS) is 26.8. The Kier molecular flexibility index (Phi) is 2.71. The van der Waals surface area contributed by atoms with Crippen LogP contribution in [0.2, 0.25) is 0 Å². The molecule has 3 nitrogen and oxygen atoms in total. The second-order valence-corrected chi connectivity index (χ2v) is 7.24. The third-order valence-electron chi connectivity index (χ3n) is 4.50. The van der Waals surface area contributed by atoms with Crippen LogP contribution in [0.4, 0.5) is 0 Å². The van der Waals surface area contributed by atoms with Gasteiger partial charge in [0.05, 0.1) is 5.25 Å². The van der Waals surface area contributed by atoms with Gasteiger partial charge in [0.1, 0.15) is 0 Å². The highest BCUT2D eigenvalue weighted by atomic mass is 32.2. The highest BCUT2D eigenvalue weighted by Gasteiger charge is 2.49. The van der Waals surface area contributed by atoms with Crippen LogP contribution in [0.25, 0.3) is 0 Å². The molecule has 1 fully saturated rings. The minimum atomic E-state index is -0.527. The van der Waals surface area contributed by atoms with Gasteiger partial charge in [0.25, 0.3) is 0 Å². The Morgan fingerprint density at radius 1 is 1.35 bits per heavy atom. The van der Waals surface area contributed by atoms with E-state index in [1.807, 2.05) is 0 Å². The number of nitrogens with zero attached hydrogens (tertiary/aromatic N) is 1. The summed E-state index contributed by atoms with van der Waals surface area (Å²) in [6.45, 7) is 2.11. The quantitative estimate of drug-likeness (QED) is 0.744. The minimum Gasteiger partial charge on any atom is -0.409 e. The maximum Gasteiger partial charge on any atom is 0.340 e. The van der Waals surface area contributed by atoms with Gasteiger partial charge in [0.2, 0.25) is 5.90 Å². The molecule has 2 aliphatic heterocycles. The predicted molar refractivity (Wildman–Crippen MR) is 79.3 cm³/mol. The molecule has 1 aromatic carbocycles. The molecule has 0 N–H and O–H groups in total. The number of ether oxygens (including phenoxy) is 1. The number of hydrogen-bond acceptors (Lipinski definition) is 4. The monoisotopic (exact) mass is 287 g/mol. The second-order valence-electron chi connectivity index (χ2n) is 6.00. The Morgan fingerprint density at radius 3 is 2.95 bits per heavy atom. The zero-order valence-electron chi connectivity index (χ0n) is 11.5. The number of benzene rings is 1. The van der Waals surface area contributed by atoms with Gasteiger partial charge in [-0.3, -0.25) is 0 Å². The molecule has 1 spiro atoms. The van der Waals surface area contributed by atoms with Crippen molar-refractivity contribution in [1.82, 2.24) is 0 Å². The van der Waals surface area contributed by atoms with Crippen molar-refractivity contribution in [3.8, 4) is 0 Å². The fourth-order valence-corrected chi connectivity index (χ4v) is 4.68. The first-order valence-corrected chi connectivity index (χ1v) is 8.12. The number of thioether (sulfide) groups is 1. The molecule has 1 unspecified atom stereocenters. The topological polar surface area (TPSA) is 38.7 Å². The largest absolute Gasteiger partial charge is 0.409 e. The van der Waals surface area contributed by atoms with Gasteiger partial charge >= 0.3 is 5.97 Å². The molecule has 0 amide bonds. The lowest BCUT2D eigenvalue weighted by atomic mass is 10.00. The fraction of sp³-hybridized carbons (Fsp3) is 0.500. The first-order valence-electron chi connectivity index (χ1n) is 7.25. The standard InChI is InChI=1S/C16H17NO2S/c1-10-4-5-11-9-13(20-12(11)8-10)14-17-16(15(18)19-14)6-2-3-7-16/h4-5,8,13H,2-3,6-7,9H2,1H3. The van der Waals surface area contributed by atoms with Crippen molar-refractivity contribution in [2.75, 3.05) is 0 Å². The number of hydrogen-bond donors (Lipinski definition) is 0. The molecule has 0 saturated heterocycles. The molecule has 1 saturated carbocycles. The zero-order chi connectivity index (χ0) is 13.7. The molecular formula is C16H17NO2S. The van der Waals surface area contributed by atoms with Crippen LogP contribution in [0.5, 0.6) is 0 Å². The zero-order valence-corrected chi connectivity index (χ0v) is 12.3. The van der Waals surface area contributed by atoms with Crippen LogP contribution in [0.15, 0.2) is 28.1 Å². The summed E-state index contributed by atoms with van der Waals surface area (Å²) in [4.78, 5) is 18.2. The Bertz CT molecular complexity index is 617. The molecule has 1 atom stereocenters. The van der Waals surface area contributed by atoms with Crippen molar-refractivity contribution in [3.05, 3.63) is 29.3 Å². The second kappa shape index (κ2) is 4.35. The molecule has 20 heavy (non-hydrogen) atoms. The van der Waals surface area contributed by atoms with Crippen molar-refractivity contribution in [2.45, 2.75) is 54.7 Å². The van der Waals surface area contributed by atoms with Gasteiger partial charge in [0, 0.05) is 4.90 Å². The van der Waals surface area contributed by atoms with Crippen LogP contribution in [0.1, 0.15) is 36.8 Å². The maximum absolute atomic E-state index is 12.1. The van der Waals surface area contributed by atoms with E-state index < -0.39 is 5.54 Å². The SMILES string of the molecule is Cc1ccc2c(c1)SC(C1=NC3(CCCC3)C(=O)O1)C2. The predicted octanol–water partition coefficient (Wildman–Crippen LogP) is 3.28. The van der Waals surface area contributed by atoms with E-state index in [1.54, 1.807) is 11.8 Å².